The highest BCUT2D eigenvalue weighted by atomic mass is 79.9. The molecule has 0 aliphatic rings. The van der Waals surface area contributed by atoms with Gasteiger partial charge in [0.25, 0.3) is 0 Å². The minimum Gasteiger partial charge on any atom is -0.458 e. The van der Waals surface area contributed by atoms with E-state index in [1.54, 1.807) is 12.1 Å². The van der Waals surface area contributed by atoms with E-state index >= 15 is 0 Å². The Morgan fingerprint density at radius 3 is 2.91 bits per heavy atom. The van der Waals surface area contributed by atoms with Crippen molar-refractivity contribution < 1.29 is 13.9 Å². The lowest BCUT2D eigenvalue weighted by Gasteiger charge is -1.95. The number of hydrogen-bond acceptors (Lipinski definition) is 3. The van der Waals surface area contributed by atoms with E-state index in [1.165, 1.54) is 6.92 Å². The lowest BCUT2D eigenvalue weighted by molar-refractivity contribution is -0.142. The average Bonchev–Trinajstić information content (AvgIpc) is 2.31. The van der Waals surface area contributed by atoms with E-state index in [1.807, 2.05) is 0 Å². The van der Waals surface area contributed by atoms with Gasteiger partial charge in [0.15, 0.2) is 4.67 Å². The predicted molar refractivity (Wildman–Crippen MR) is 41.9 cm³/mol. The summed E-state index contributed by atoms with van der Waals surface area (Å²) in [6, 6.07) is 3.49. The fourth-order valence-electron chi connectivity index (χ4n) is 0.602. The number of esters is 1. The van der Waals surface area contributed by atoms with Gasteiger partial charge in [-0.15, -0.1) is 0 Å². The lowest BCUT2D eigenvalue weighted by atomic mass is 10.5. The molecule has 0 fully saturated rings. The summed E-state index contributed by atoms with van der Waals surface area (Å²) in [5.74, 6) is 0.324. The Kier molecular flexibility index (Phi) is 2.70. The number of hydrogen-bond donors (Lipinski definition) is 0. The first-order valence-electron chi connectivity index (χ1n) is 3.06. The van der Waals surface area contributed by atoms with Gasteiger partial charge in [-0.05, 0) is 28.1 Å². The summed E-state index contributed by atoms with van der Waals surface area (Å²) in [6.07, 6.45) is 0. The van der Waals surface area contributed by atoms with Crippen LogP contribution < -0.4 is 0 Å². The van der Waals surface area contributed by atoms with Gasteiger partial charge in [0.2, 0.25) is 0 Å². The number of carbonyl (C=O) groups excluding carboxylic acids is 1. The number of furan rings is 1. The summed E-state index contributed by atoms with van der Waals surface area (Å²) < 4.78 is 10.4. The second-order valence-corrected chi connectivity index (χ2v) is 2.77. The van der Waals surface area contributed by atoms with Crippen LogP contribution >= 0.6 is 15.9 Å². The standard InChI is InChI=1S/C7H7BrO3/c1-5(9)10-4-6-2-3-7(8)11-6/h2-3H,4H2,1H3. The normalized spacial score (nSPS) is 9.64. The van der Waals surface area contributed by atoms with Gasteiger partial charge in [-0.1, -0.05) is 0 Å². The van der Waals surface area contributed by atoms with Gasteiger partial charge in [-0.2, -0.15) is 0 Å². The number of ether oxygens (including phenoxy) is 1. The van der Waals surface area contributed by atoms with Crippen LogP contribution in [0.5, 0.6) is 0 Å². The zero-order valence-electron chi connectivity index (χ0n) is 5.96. The van der Waals surface area contributed by atoms with E-state index < -0.39 is 0 Å². The first kappa shape index (κ1) is 8.33. The molecule has 0 bridgehead atoms. The van der Waals surface area contributed by atoms with Crippen molar-refractivity contribution in [2.45, 2.75) is 13.5 Å². The third-order valence-electron chi connectivity index (χ3n) is 1.05. The van der Waals surface area contributed by atoms with E-state index in [9.17, 15) is 4.79 Å². The smallest absolute Gasteiger partial charge is 0.303 e. The molecule has 0 saturated carbocycles. The molecule has 1 heterocycles. The van der Waals surface area contributed by atoms with Crippen molar-refractivity contribution >= 4 is 21.9 Å². The highest BCUT2D eigenvalue weighted by molar-refractivity contribution is 9.10. The Morgan fingerprint density at radius 1 is 1.73 bits per heavy atom. The molecular weight excluding hydrogens is 212 g/mol. The van der Waals surface area contributed by atoms with Crippen molar-refractivity contribution in [1.29, 1.82) is 0 Å². The molecule has 1 rings (SSSR count). The quantitative estimate of drug-likeness (QED) is 0.715. The van der Waals surface area contributed by atoms with E-state index in [0.29, 0.717) is 10.4 Å². The zero-order valence-corrected chi connectivity index (χ0v) is 7.55. The Labute approximate surface area is 72.5 Å². The number of halogens is 1. The zero-order chi connectivity index (χ0) is 8.27. The summed E-state index contributed by atoms with van der Waals surface area (Å²) >= 11 is 3.13. The molecule has 0 radical (unpaired) electrons. The summed E-state index contributed by atoms with van der Waals surface area (Å²) in [6.45, 7) is 1.55. The van der Waals surface area contributed by atoms with Gasteiger partial charge < -0.3 is 9.15 Å². The topological polar surface area (TPSA) is 39.4 Å². The monoisotopic (exact) mass is 218 g/mol. The molecule has 3 nitrogen and oxygen atoms in total. The largest absolute Gasteiger partial charge is 0.458 e. The van der Waals surface area contributed by atoms with Crippen molar-refractivity contribution in [3.05, 3.63) is 22.6 Å². The van der Waals surface area contributed by atoms with Crippen LogP contribution in [0.15, 0.2) is 21.2 Å². The first-order chi connectivity index (χ1) is 5.18. The summed E-state index contributed by atoms with van der Waals surface area (Å²) in [5.41, 5.74) is 0. The molecule has 4 heteroatoms. The molecule has 0 saturated heterocycles. The molecule has 11 heavy (non-hydrogen) atoms. The van der Waals surface area contributed by atoms with Crippen LogP contribution in [0.3, 0.4) is 0 Å². The van der Waals surface area contributed by atoms with Crippen LogP contribution in [-0.2, 0) is 16.1 Å². The molecule has 1 aromatic rings. The Morgan fingerprint density at radius 2 is 2.45 bits per heavy atom. The van der Waals surface area contributed by atoms with E-state index in [4.69, 9.17) is 4.42 Å². The minimum atomic E-state index is -0.308. The fourth-order valence-corrected chi connectivity index (χ4v) is 0.942. The maximum absolute atomic E-state index is 10.3. The molecule has 0 aliphatic heterocycles. The molecular formula is C7H7BrO3. The Balaban J connectivity index is 2.45. The van der Waals surface area contributed by atoms with E-state index in [2.05, 4.69) is 20.7 Å². The summed E-state index contributed by atoms with van der Waals surface area (Å²) in [5, 5.41) is 0. The van der Waals surface area contributed by atoms with Crippen LogP contribution in [0.2, 0.25) is 0 Å². The Hall–Kier alpha value is -0.770. The van der Waals surface area contributed by atoms with Crippen molar-refractivity contribution in [2.24, 2.45) is 0 Å². The van der Waals surface area contributed by atoms with Gasteiger partial charge >= 0.3 is 5.97 Å². The van der Waals surface area contributed by atoms with Crippen molar-refractivity contribution in [3.8, 4) is 0 Å². The van der Waals surface area contributed by atoms with Crippen LogP contribution in [0.4, 0.5) is 0 Å². The Bertz CT molecular complexity index is 254. The highest BCUT2D eigenvalue weighted by Crippen LogP contribution is 2.14. The molecule has 0 atom stereocenters. The molecule has 0 amide bonds. The number of rotatable bonds is 2. The minimum absolute atomic E-state index is 0.195. The van der Waals surface area contributed by atoms with Crippen LogP contribution in [-0.4, -0.2) is 5.97 Å². The second-order valence-electron chi connectivity index (χ2n) is 1.99. The SMILES string of the molecule is CC(=O)OCc1ccc(Br)o1. The highest BCUT2D eigenvalue weighted by Gasteiger charge is 2.00. The summed E-state index contributed by atoms with van der Waals surface area (Å²) in [4.78, 5) is 10.3. The van der Waals surface area contributed by atoms with Crippen molar-refractivity contribution in [3.63, 3.8) is 0 Å². The van der Waals surface area contributed by atoms with E-state index in [-0.39, 0.29) is 12.6 Å². The molecule has 0 aromatic carbocycles. The molecule has 1 aromatic heterocycles. The number of carbonyl (C=O) groups is 1. The third kappa shape index (κ3) is 2.76. The molecule has 60 valence electrons. The summed E-state index contributed by atoms with van der Waals surface area (Å²) in [7, 11) is 0. The maximum Gasteiger partial charge on any atom is 0.303 e. The van der Waals surface area contributed by atoms with Crippen LogP contribution in [0.1, 0.15) is 12.7 Å². The predicted octanol–water partition coefficient (Wildman–Crippen LogP) is 2.11. The molecule has 0 N–H and O–H groups in total. The van der Waals surface area contributed by atoms with Crippen molar-refractivity contribution in [2.75, 3.05) is 0 Å². The van der Waals surface area contributed by atoms with Crippen LogP contribution in [0.25, 0.3) is 0 Å². The maximum atomic E-state index is 10.3. The van der Waals surface area contributed by atoms with Gasteiger partial charge in [0.05, 0.1) is 0 Å². The molecule has 0 aliphatic carbocycles. The van der Waals surface area contributed by atoms with Gasteiger partial charge in [-0.3, -0.25) is 4.79 Å². The molecule has 0 unspecified atom stereocenters. The average molecular weight is 219 g/mol. The first-order valence-corrected chi connectivity index (χ1v) is 3.85. The third-order valence-corrected chi connectivity index (χ3v) is 1.47. The van der Waals surface area contributed by atoms with Gasteiger partial charge in [-0.25, -0.2) is 0 Å². The molecule has 0 spiro atoms. The van der Waals surface area contributed by atoms with Crippen molar-refractivity contribution in [1.82, 2.24) is 0 Å². The van der Waals surface area contributed by atoms with Gasteiger partial charge in [0.1, 0.15) is 12.4 Å². The lowest BCUT2D eigenvalue weighted by Crippen LogP contribution is -1.97. The van der Waals surface area contributed by atoms with Crippen LogP contribution in [0, 0.1) is 0 Å². The van der Waals surface area contributed by atoms with E-state index in [0.717, 1.165) is 0 Å². The fraction of sp³-hybridized carbons (Fsp3) is 0.286. The second kappa shape index (κ2) is 3.57. The van der Waals surface area contributed by atoms with Gasteiger partial charge in [0, 0.05) is 6.92 Å².